The van der Waals surface area contributed by atoms with Crippen molar-refractivity contribution in [3.8, 4) is 23.0 Å². The minimum atomic E-state index is 0.244. The summed E-state index contributed by atoms with van der Waals surface area (Å²) >= 11 is 1.60. The fourth-order valence-electron chi connectivity index (χ4n) is 5.63. The fraction of sp³-hybridized carbons (Fsp3) is 0.294. The third kappa shape index (κ3) is 5.69. The first-order valence-electron chi connectivity index (χ1n) is 14.8. The van der Waals surface area contributed by atoms with E-state index in [1.54, 1.807) is 26.0 Å². The second-order valence-corrected chi connectivity index (χ2v) is 12.1. The van der Waals surface area contributed by atoms with Crippen LogP contribution >= 0.6 is 11.8 Å². The third-order valence-corrected chi connectivity index (χ3v) is 9.32. The Morgan fingerprint density at radius 1 is 0.886 bits per heavy atom. The Morgan fingerprint density at radius 3 is 2.11 bits per heavy atom. The molecule has 44 heavy (non-hydrogen) atoms. The molecule has 9 nitrogen and oxygen atoms in total. The van der Waals surface area contributed by atoms with E-state index >= 15 is 0 Å². The second kappa shape index (κ2) is 12.2. The van der Waals surface area contributed by atoms with Crippen LogP contribution in [0.1, 0.15) is 30.4 Å². The summed E-state index contributed by atoms with van der Waals surface area (Å²) in [4.78, 5) is 19.2. The second-order valence-electron chi connectivity index (χ2n) is 11.1. The number of nitrogens with one attached hydrogen (secondary N) is 1. The summed E-state index contributed by atoms with van der Waals surface area (Å²) in [6.45, 7) is 1.54. The highest BCUT2D eigenvalue weighted by Gasteiger charge is 2.27. The van der Waals surface area contributed by atoms with Crippen LogP contribution in [0.5, 0.6) is 23.0 Å². The number of ether oxygens (including phenoxy) is 4. The van der Waals surface area contributed by atoms with Gasteiger partial charge in [0.15, 0.2) is 22.5 Å². The van der Waals surface area contributed by atoms with Crippen molar-refractivity contribution in [3.05, 3.63) is 84.1 Å². The lowest BCUT2D eigenvalue weighted by molar-refractivity contribution is 0.174. The Morgan fingerprint density at radius 2 is 1.52 bits per heavy atom. The average Bonchev–Trinajstić information content (AvgIpc) is 3.66. The molecule has 2 aromatic heterocycles. The number of benzene rings is 3. The quantitative estimate of drug-likeness (QED) is 0.169. The Balaban J connectivity index is 1.23. The van der Waals surface area contributed by atoms with Crippen LogP contribution < -0.4 is 28.7 Å². The summed E-state index contributed by atoms with van der Waals surface area (Å²) in [6, 6.07) is 23.0. The predicted octanol–water partition coefficient (Wildman–Crippen LogP) is 7.05. The van der Waals surface area contributed by atoms with Crippen LogP contribution in [0.15, 0.2) is 83.0 Å². The normalized spacial score (nSPS) is 14.0. The first-order valence-corrected chi connectivity index (χ1v) is 15.6. The van der Waals surface area contributed by atoms with Gasteiger partial charge in [-0.2, -0.15) is 0 Å². The zero-order chi connectivity index (χ0) is 30.0. The van der Waals surface area contributed by atoms with Crippen molar-refractivity contribution in [2.45, 2.75) is 48.4 Å². The number of nitrogens with zero attached hydrogens (tertiary/aromatic N) is 4. The van der Waals surface area contributed by atoms with Crippen molar-refractivity contribution in [1.82, 2.24) is 15.0 Å². The molecule has 5 aromatic rings. The van der Waals surface area contributed by atoms with E-state index in [1.165, 1.54) is 19.3 Å². The minimum absolute atomic E-state index is 0.244. The van der Waals surface area contributed by atoms with Gasteiger partial charge in [-0.1, -0.05) is 24.3 Å². The molecule has 3 aromatic carbocycles. The molecule has 0 unspecified atom stereocenters. The van der Waals surface area contributed by atoms with Gasteiger partial charge in [0.25, 0.3) is 0 Å². The molecule has 1 saturated carbocycles. The molecule has 2 aliphatic rings. The van der Waals surface area contributed by atoms with Crippen molar-refractivity contribution in [3.63, 3.8) is 0 Å². The van der Waals surface area contributed by atoms with E-state index in [2.05, 4.69) is 58.2 Å². The van der Waals surface area contributed by atoms with Crippen LogP contribution in [0.3, 0.4) is 0 Å². The molecule has 7 rings (SSSR count). The molecule has 0 radical (unpaired) electrons. The summed E-state index contributed by atoms with van der Waals surface area (Å²) in [5, 5.41) is 0.796. The van der Waals surface area contributed by atoms with Crippen molar-refractivity contribution < 1.29 is 18.9 Å². The van der Waals surface area contributed by atoms with Crippen molar-refractivity contribution in [2.24, 2.45) is 0 Å². The largest absolute Gasteiger partial charge is 0.497 e. The monoisotopic (exact) mass is 609 g/mol. The molecule has 1 aliphatic carbocycles. The molecule has 1 aliphatic heterocycles. The summed E-state index contributed by atoms with van der Waals surface area (Å²) in [5.74, 6) is 4.03. The van der Waals surface area contributed by atoms with Gasteiger partial charge in [-0.25, -0.2) is 9.97 Å². The van der Waals surface area contributed by atoms with Crippen LogP contribution in [0.2, 0.25) is 0 Å². The van der Waals surface area contributed by atoms with E-state index < -0.39 is 0 Å². The van der Waals surface area contributed by atoms with E-state index in [0.29, 0.717) is 19.1 Å². The summed E-state index contributed by atoms with van der Waals surface area (Å²) < 4.78 is 22.2. The van der Waals surface area contributed by atoms with Crippen LogP contribution in [-0.4, -0.2) is 49.1 Å². The highest BCUT2D eigenvalue weighted by molar-refractivity contribution is 7.99. The van der Waals surface area contributed by atoms with E-state index in [0.717, 1.165) is 66.7 Å². The van der Waals surface area contributed by atoms with E-state index in [9.17, 15) is 0 Å². The van der Waals surface area contributed by atoms with Gasteiger partial charge in [0.1, 0.15) is 17.0 Å². The fourth-order valence-corrected chi connectivity index (χ4v) is 6.61. The number of imidazole rings is 1. The SMILES string of the molecule is COc1ccc(CN(Cc2ccc(OC)cc2)c2nccc3[nH]c(Sc4cc5c(cc4N(C)C4CCC4)OCO5)nc23)cc1. The summed E-state index contributed by atoms with van der Waals surface area (Å²) in [6.07, 6.45) is 5.51. The van der Waals surface area contributed by atoms with Crippen LogP contribution in [0.25, 0.3) is 11.0 Å². The number of anilines is 2. The lowest BCUT2D eigenvalue weighted by Gasteiger charge is -2.37. The molecule has 1 N–H and O–H groups in total. The first kappa shape index (κ1) is 28.2. The molecule has 0 amide bonds. The van der Waals surface area contributed by atoms with Crippen molar-refractivity contribution >= 4 is 34.3 Å². The van der Waals surface area contributed by atoms with Crippen LogP contribution in [-0.2, 0) is 13.1 Å². The minimum Gasteiger partial charge on any atom is -0.497 e. The zero-order valence-corrected chi connectivity index (χ0v) is 25.9. The summed E-state index contributed by atoms with van der Waals surface area (Å²) in [7, 11) is 5.53. The maximum Gasteiger partial charge on any atom is 0.231 e. The standard InChI is InChI=1S/C34H35N5O4S/c1-38(24-5-4-6-24)28-17-29-30(43-21-42-29)18-31(28)44-34-36-27-15-16-35-33(32(27)37-34)39(19-22-7-11-25(40-2)12-8-22)20-23-9-13-26(41-3)14-10-23/h7-18,24H,4-6,19-21H2,1-3H3,(H,36,37). The molecule has 0 saturated heterocycles. The number of aromatic amines is 1. The Bertz CT molecular complexity index is 1710. The highest BCUT2D eigenvalue weighted by atomic mass is 32.2. The van der Waals surface area contributed by atoms with Gasteiger partial charge < -0.3 is 33.7 Å². The number of aromatic nitrogens is 3. The van der Waals surface area contributed by atoms with Gasteiger partial charge in [0.05, 0.1) is 25.4 Å². The number of fused-ring (bicyclic) bond motifs is 2. The van der Waals surface area contributed by atoms with Gasteiger partial charge in [-0.05, 0) is 72.5 Å². The number of methoxy groups -OCH3 is 2. The molecule has 226 valence electrons. The van der Waals surface area contributed by atoms with Crippen molar-refractivity contribution in [1.29, 1.82) is 0 Å². The van der Waals surface area contributed by atoms with Crippen LogP contribution in [0, 0.1) is 0 Å². The molecular formula is C34H35N5O4S. The number of pyridine rings is 1. The molecule has 0 spiro atoms. The maximum atomic E-state index is 5.75. The molecule has 3 heterocycles. The molecule has 10 heteroatoms. The lowest BCUT2D eigenvalue weighted by atomic mass is 9.91. The van der Waals surface area contributed by atoms with Gasteiger partial charge >= 0.3 is 0 Å². The smallest absolute Gasteiger partial charge is 0.231 e. The Kier molecular flexibility index (Phi) is 7.82. The highest BCUT2D eigenvalue weighted by Crippen LogP contribution is 2.46. The zero-order valence-electron chi connectivity index (χ0n) is 25.1. The predicted molar refractivity (Wildman–Crippen MR) is 172 cm³/mol. The average molecular weight is 610 g/mol. The first-order chi connectivity index (χ1) is 21.6. The van der Waals surface area contributed by atoms with E-state index in [-0.39, 0.29) is 6.79 Å². The number of hydrogen-bond donors (Lipinski definition) is 1. The van der Waals surface area contributed by atoms with Gasteiger partial charge in [-0.15, -0.1) is 0 Å². The Hall–Kier alpha value is -4.57. The van der Waals surface area contributed by atoms with E-state index in [1.807, 2.05) is 36.5 Å². The number of hydrogen-bond acceptors (Lipinski definition) is 9. The van der Waals surface area contributed by atoms with Gasteiger partial charge in [0.2, 0.25) is 6.79 Å². The molecule has 0 bridgehead atoms. The maximum absolute atomic E-state index is 5.75. The van der Waals surface area contributed by atoms with Crippen molar-refractivity contribution in [2.75, 3.05) is 37.9 Å². The number of H-pyrrole nitrogens is 1. The third-order valence-electron chi connectivity index (χ3n) is 8.39. The molecule has 0 atom stereocenters. The van der Waals surface area contributed by atoms with E-state index in [4.69, 9.17) is 28.9 Å². The van der Waals surface area contributed by atoms with Gasteiger partial charge in [0, 0.05) is 49.4 Å². The lowest BCUT2D eigenvalue weighted by Crippen LogP contribution is -2.37. The van der Waals surface area contributed by atoms with Gasteiger partial charge in [-0.3, -0.25) is 0 Å². The summed E-state index contributed by atoms with van der Waals surface area (Å²) in [5.41, 5.74) is 5.18. The molecular weight excluding hydrogens is 574 g/mol. The topological polar surface area (TPSA) is 85.0 Å². The Labute approximate surface area is 261 Å². The molecule has 1 fully saturated rings. The van der Waals surface area contributed by atoms with Crippen LogP contribution in [0.4, 0.5) is 11.5 Å². The number of rotatable bonds is 11.